The number of hydrogen-bond acceptors (Lipinski definition) is 5. The third kappa shape index (κ3) is 2.01. The van der Waals surface area contributed by atoms with Crippen LogP contribution >= 0.6 is 11.3 Å². The molecule has 0 saturated heterocycles. The number of fused-ring (bicyclic) bond motifs is 2. The quantitative estimate of drug-likeness (QED) is 0.724. The van der Waals surface area contributed by atoms with Crippen molar-refractivity contribution in [2.75, 3.05) is 0 Å². The number of thiazole rings is 1. The molecule has 112 valence electrons. The van der Waals surface area contributed by atoms with Gasteiger partial charge in [0.25, 0.3) is 0 Å². The molecular formula is C16H13NO3S2. The zero-order valence-corrected chi connectivity index (χ0v) is 13.3. The van der Waals surface area contributed by atoms with Crippen LogP contribution in [0, 0.1) is 0 Å². The number of benzene rings is 1. The monoisotopic (exact) mass is 331 g/mol. The normalized spacial score (nSPS) is 19.1. The molecule has 22 heavy (non-hydrogen) atoms. The lowest BCUT2D eigenvalue weighted by Gasteiger charge is -2.11. The van der Waals surface area contributed by atoms with E-state index in [1.165, 1.54) is 0 Å². The van der Waals surface area contributed by atoms with Crippen molar-refractivity contribution in [3.8, 4) is 0 Å². The number of ketones is 2. The molecule has 2 aliphatic carbocycles. The summed E-state index contributed by atoms with van der Waals surface area (Å²) < 4.78 is 13.0. The van der Waals surface area contributed by atoms with Crippen LogP contribution in [0.1, 0.15) is 57.0 Å². The van der Waals surface area contributed by atoms with Gasteiger partial charge in [-0.15, -0.1) is 11.3 Å². The summed E-state index contributed by atoms with van der Waals surface area (Å²) >= 11 is 1.12. The Labute approximate surface area is 134 Å². The topological polar surface area (TPSA) is 64.1 Å². The average molecular weight is 331 g/mol. The lowest BCUT2D eigenvalue weighted by atomic mass is 9.92. The van der Waals surface area contributed by atoms with Crippen LogP contribution in [-0.2, 0) is 10.8 Å². The Balaban J connectivity index is 1.78. The molecule has 1 heterocycles. The second-order valence-electron chi connectivity index (χ2n) is 5.57. The van der Waals surface area contributed by atoms with Crippen molar-refractivity contribution in [1.82, 2.24) is 4.98 Å². The van der Waals surface area contributed by atoms with Gasteiger partial charge in [-0.1, -0.05) is 37.1 Å². The summed E-state index contributed by atoms with van der Waals surface area (Å²) in [5.41, 5.74) is 0.986. The molecule has 0 N–H and O–H groups in total. The van der Waals surface area contributed by atoms with Crippen LogP contribution in [0.4, 0.5) is 0 Å². The number of rotatable bonds is 2. The van der Waals surface area contributed by atoms with Gasteiger partial charge >= 0.3 is 0 Å². The standard InChI is InChI=1S/C16H13NO3S2/c18-13-10-7-3-4-8-11(10)14(19)15-12(13)17-16(21-15)22(20)9-5-1-2-6-9/h3-4,7-9H,1-2,5-6H2. The van der Waals surface area contributed by atoms with E-state index in [-0.39, 0.29) is 22.5 Å². The average Bonchev–Trinajstić information content (AvgIpc) is 3.21. The van der Waals surface area contributed by atoms with E-state index in [0.717, 1.165) is 37.0 Å². The first kappa shape index (κ1) is 14.0. The Morgan fingerprint density at radius 1 is 1.05 bits per heavy atom. The molecule has 1 aromatic heterocycles. The molecule has 6 heteroatoms. The number of nitrogens with zero attached hydrogens (tertiary/aromatic N) is 1. The van der Waals surface area contributed by atoms with E-state index in [9.17, 15) is 13.8 Å². The molecule has 2 aromatic rings. The Bertz CT molecular complexity index is 766. The summed E-state index contributed by atoms with van der Waals surface area (Å²) in [4.78, 5) is 29.6. The summed E-state index contributed by atoms with van der Waals surface area (Å²) in [6, 6.07) is 6.78. The molecule has 0 radical (unpaired) electrons. The van der Waals surface area contributed by atoms with Gasteiger partial charge in [0.2, 0.25) is 11.6 Å². The van der Waals surface area contributed by atoms with Gasteiger partial charge in [-0.25, -0.2) is 4.98 Å². The zero-order chi connectivity index (χ0) is 15.3. The van der Waals surface area contributed by atoms with Crippen molar-refractivity contribution in [1.29, 1.82) is 0 Å². The van der Waals surface area contributed by atoms with Gasteiger partial charge in [-0.05, 0) is 12.8 Å². The highest BCUT2D eigenvalue weighted by Crippen LogP contribution is 2.34. The minimum Gasteiger partial charge on any atom is -0.288 e. The second kappa shape index (κ2) is 5.21. The minimum atomic E-state index is -1.22. The van der Waals surface area contributed by atoms with Crippen LogP contribution < -0.4 is 0 Å². The van der Waals surface area contributed by atoms with E-state index >= 15 is 0 Å². The van der Waals surface area contributed by atoms with Crippen LogP contribution in [0.25, 0.3) is 0 Å². The number of hydrogen-bond donors (Lipinski definition) is 0. The molecule has 1 aromatic carbocycles. The maximum atomic E-state index is 12.6. The van der Waals surface area contributed by atoms with Gasteiger partial charge in [0.15, 0.2) is 4.34 Å². The highest BCUT2D eigenvalue weighted by atomic mass is 32.2. The molecule has 4 nitrogen and oxygen atoms in total. The molecule has 0 spiro atoms. The first-order valence-corrected chi connectivity index (χ1v) is 9.29. The van der Waals surface area contributed by atoms with Crippen molar-refractivity contribution >= 4 is 33.7 Å². The molecule has 0 aliphatic heterocycles. The van der Waals surface area contributed by atoms with Crippen molar-refractivity contribution in [3.63, 3.8) is 0 Å². The SMILES string of the molecule is O=C1c2ccccc2C(=O)c2sc(S(=O)C3CCCC3)nc21. The Morgan fingerprint density at radius 3 is 2.36 bits per heavy atom. The molecule has 1 unspecified atom stereocenters. The molecular weight excluding hydrogens is 318 g/mol. The summed E-state index contributed by atoms with van der Waals surface area (Å²) in [7, 11) is -1.22. The predicted octanol–water partition coefficient (Wildman–Crippen LogP) is 2.97. The maximum absolute atomic E-state index is 12.6. The summed E-state index contributed by atoms with van der Waals surface area (Å²) in [5.74, 6) is -0.423. The Morgan fingerprint density at radius 2 is 1.68 bits per heavy atom. The molecule has 1 fully saturated rings. The molecule has 2 aliphatic rings. The van der Waals surface area contributed by atoms with Gasteiger partial charge in [0.05, 0.1) is 10.8 Å². The van der Waals surface area contributed by atoms with E-state index in [2.05, 4.69) is 4.98 Å². The molecule has 1 atom stereocenters. The fourth-order valence-corrected chi connectivity index (χ4v) is 6.03. The van der Waals surface area contributed by atoms with Crippen LogP contribution in [-0.4, -0.2) is 26.0 Å². The third-order valence-corrected chi connectivity index (χ3v) is 7.33. The van der Waals surface area contributed by atoms with Crippen molar-refractivity contribution < 1.29 is 13.8 Å². The van der Waals surface area contributed by atoms with Gasteiger partial charge in [-0.3, -0.25) is 13.8 Å². The highest BCUT2D eigenvalue weighted by Gasteiger charge is 2.35. The van der Waals surface area contributed by atoms with Gasteiger partial charge in [0, 0.05) is 16.4 Å². The lowest BCUT2D eigenvalue weighted by molar-refractivity contribution is 0.0979. The predicted molar refractivity (Wildman–Crippen MR) is 84.1 cm³/mol. The highest BCUT2D eigenvalue weighted by molar-refractivity contribution is 7.87. The summed E-state index contributed by atoms with van der Waals surface area (Å²) in [5, 5.41) is 0.111. The first-order valence-electron chi connectivity index (χ1n) is 7.26. The van der Waals surface area contributed by atoms with E-state index < -0.39 is 10.8 Å². The first-order chi connectivity index (χ1) is 10.7. The zero-order valence-electron chi connectivity index (χ0n) is 11.7. The van der Waals surface area contributed by atoms with Crippen molar-refractivity contribution in [2.45, 2.75) is 35.3 Å². The van der Waals surface area contributed by atoms with E-state index in [0.29, 0.717) is 20.3 Å². The Kier molecular flexibility index (Phi) is 3.31. The summed E-state index contributed by atoms with van der Waals surface area (Å²) in [6.45, 7) is 0. The Hall–Kier alpha value is -1.66. The number of carbonyl (C=O) groups is 2. The largest absolute Gasteiger partial charge is 0.288 e. The molecule has 0 amide bonds. The number of aromatic nitrogens is 1. The minimum absolute atomic E-state index is 0.111. The molecule has 0 bridgehead atoms. The smallest absolute Gasteiger partial charge is 0.213 e. The fraction of sp³-hybridized carbons (Fsp3) is 0.312. The van der Waals surface area contributed by atoms with E-state index in [4.69, 9.17) is 0 Å². The molecule has 4 rings (SSSR count). The van der Waals surface area contributed by atoms with Gasteiger partial charge in [0.1, 0.15) is 10.6 Å². The second-order valence-corrected chi connectivity index (χ2v) is 8.47. The fourth-order valence-electron chi connectivity index (χ4n) is 3.07. The van der Waals surface area contributed by atoms with Crippen LogP contribution in [0.2, 0.25) is 0 Å². The van der Waals surface area contributed by atoms with E-state index in [1.807, 2.05) is 0 Å². The van der Waals surface area contributed by atoms with Gasteiger partial charge < -0.3 is 0 Å². The number of carbonyl (C=O) groups excluding carboxylic acids is 2. The summed E-state index contributed by atoms with van der Waals surface area (Å²) in [6.07, 6.45) is 4.04. The maximum Gasteiger partial charge on any atom is 0.213 e. The van der Waals surface area contributed by atoms with Crippen LogP contribution in [0.3, 0.4) is 0 Å². The van der Waals surface area contributed by atoms with Crippen LogP contribution in [0.5, 0.6) is 0 Å². The van der Waals surface area contributed by atoms with Crippen LogP contribution in [0.15, 0.2) is 28.6 Å². The van der Waals surface area contributed by atoms with Crippen molar-refractivity contribution in [3.05, 3.63) is 46.0 Å². The molecule has 1 saturated carbocycles. The van der Waals surface area contributed by atoms with Gasteiger partial charge in [-0.2, -0.15) is 0 Å². The van der Waals surface area contributed by atoms with Crippen molar-refractivity contribution in [2.24, 2.45) is 0 Å². The third-order valence-electron chi connectivity index (χ3n) is 4.22. The van der Waals surface area contributed by atoms with E-state index in [1.54, 1.807) is 24.3 Å². The lowest BCUT2D eigenvalue weighted by Crippen LogP contribution is -2.19.